The molecule has 0 aliphatic rings. The van der Waals surface area contributed by atoms with Crippen molar-refractivity contribution in [3.63, 3.8) is 0 Å². The first-order valence-corrected chi connectivity index (χ1v) is 6.50. The van der Waals surface area contributed by atoms with E-state index in [1.54, 1.807) is 7.11 Å². The topological polar surface area (TPSA) is 76.1 Å². The second kappa shape index (κ2) is 6.69. The summed E-state index contributed by atoms with van der Waals surface area (Å²) in [6, 6.07) is 7.48. The zero-order valence-electron chi connectivity index (χ0n) is 10.4. The Morgan fingerprint density at radius 2 is 2.16 bits per heavy atom. The van der Waals surface area contributed by atoms with Crippen LogP contribution in [0.15, 0.2) is 30.6 Å². The number of nitrogens with zero attached hydrogens (tertiary/aromatic N) is 2. The van der Waals surface area contributed by atoms with E-state index in [4.69, 9.17) is 4.74 Å². The smallest absolute Gasteiger partial charge is 0.321 e. The number of carbonyl (C=O) groups is 1. The highest BCUT2D eigenvalue weighted by molar-refractivity contribution is 7.09. The molecule has 0 aliphatic heterocycles. The molecule has 2 N–H and O–H groups in total. The predicted molar refractivity (Wildman–Crippen MR) is 73.6 cm³/mol. The van der Waals surface area contributed by atoms with Crippen LogP contribution >= 0.6 is 11.5 Å². The van der Waals surface area contributed by atoms with Crippen molar-refractivity contribution in [2.75, 3.05) is 19.0 Å². The summed E-state index contributed by atoms with van der Waals surface area (Å²) in [5.74, 6) is 0.825. The maximum Gasteiger partial charge on any atom is 0.321 e. The molecular formula is C12H14N4O2S. The van der Waals surface area contributed by atoms with Crippen LogP contribution in [0.4, 0.5) is 9.93 Å². The Hall–Kier alpha value is -2.15. The number of anilines is 1. The molecule has 0 bridgehead atoms. The zero-order chi connectivity index (χ0) is 13.5. The normalized spacial score (nSPS) is 9.95. The summed E-state index contributed by atoms with van der Waals surface area (Å²) >= 11 is 1.14. The number of hydrogen-bond donors (Lipinski definition) is 2. The molecule has 6 nitrogen and oxygen atoms in total. The Kier molecular flexibility index (Phi) is 4.68. The predicted octanol–water partition coefficient (Wildman–Crippen LogP) is 1.91. The van der Waals surface area contributed by atoms with E-state index in [1.807, 2.05) is 24.3 Å². The van der Waals surface area contributed by atoms with Crippen LogP contribution in [-0.4, -0.2) is 29.0 Å². The first-order chi connectivity index (χ1) is 9.28. The third-order valence-electron chi connectivity index (χ3n) is 2.44. The monoisotopic (exact) mass is 278 g/mol. The molecule has 100 valence electrons. The van der Waals surface area contributed by atoms with Gasteiger partial charge in [-0.1, -0.05) is 12.1 Å². The number of carbonyl (C=O) groups excluding carboxylic acids is 1. The molecule has 1 aromatic heterocycles. The average Bonchev–Trinajstić information content (AvgIpc) is 2.92. The fraction of sp³-hybridized carbons (Fsp3) is 0.250. The van der Waals surface area contributed by atoms with Gasteiger partial charge in [0.1, 0.15) is 12.1 Å². The van der Waals surface area contributed by atoms with Crippen LogP contribution in [-0.2, 0) is 6.42 Å². The molecule has 2 amide bonds. The minimum absolute atomic E-state index is 0.273. The van der Waals surface area contributed by atoms with E-state index >= 15 is 0 Å². The van der Waals surface area contributed by atoms with Crippen molar-refractivity contribution in [1.82, 2.24) is 14.7 Å². The van der Waals surface area contributed by atoms with Crippen molar-refractivity contribution in [3.8, 4) is 5.75 Å². The lowest BCUT2D eigenvalue weighted by Crippen LogP contribution is -2.30. The van der Waals surface area contributed by atoms with Gasteiger partial charge < -0.3 is 10.1 Å². The molecule has 0 spiro atoms. The molecule has 0 saturated heterocycles. The maximum absolute atomic E-state index is 11.5. The molecule has 2 rings (SSSR count). The lowest BCUT2D eigenvalue weighted by atomic mass is 10.1. The van der Waals surface area contributed by atoms with Gasteiger partial charge in [-0.15, -0.1) is 0 Å². The second-order valence-electron chi connectivity index (χ2n) is 3.73. The third kappa shape index (κ3) is 4.22. The Morgan fingerprint density at radius 3 is 2.79 bits per heavy atom. The largest absolute Gasteiger partial charge is 0.497 e. The summed E-state index contributed by atoms with van der Waals surface area (Å²) < 4.78 is 8.87. The van der Waals surface area contributed by atoms with Gasteiger partial charge in [-0.3, -0.25) is 5.32 Å². The van der Waals surface area contributed by atoms with Gasteiger partial charge in [0.2, 0.25) is 5.13 Å². The van der Waals surface area contributed by atoms with Gasteiger partial charge in [-0.2, -0.15) is 4.37 Å². The van der Waals surface area contributed by atoms with Gasteiger partial charge in [-0.05, 0) is 24.1 Å². The number of amides is 2. The molecule has 7 heteroatoms. The Balaban J connectivity index is 1.72. The van der Waals surface area contributed by atoms with Crippen molar-refractivity contribution in [2.45, 2.75) is 6.42 Å². The van der Waals surface area contributed by atoms with Gasteiger partial charge in [0.25, 0.3) is 0 Å². The maximum atomic E-state index is 11.5. The van der Waals surface area contributed by atoms with E-state index in [-0.39, 0.29) is 6.03 Å². The van der Waals surface area contributed by atoms with Crippen LogP contribution in [0.5, 0.6) is 5.75 Å². The summed E-state index contributed by atoms with van der Waals surface area (Å²) in [5.41, 5.74) is 1.14. The molecule has 0 aliphatic carbocycles. The van der Waals surface area contributed by atoms with Crippen molar-refractivity contribution >= 4 is 22.7 Å². The molecule has 1 heterocycles. The Morgan fingerprint density at radius 1 is 1.37 bits per heavy atom. The van der Waals surface area contributed by atoms with Crippen molar-refractivity contribution in [1.29, 1.82) is 0 Å². The van der Waals surface area contributed by atoms with Gasteiger partial charge in [0.15, 0.2) is 0 Å². The molecule has 0 fully saturated rings. The van der Waals surface area contributed by atoms with E-state index in [1.165, 1.54) is 6.33 Å². The Labute approximate surface area is 115 Å². The van der Waals surface area contributed by atoms with Crippen LogP contribution < -0.4 is 15.4 Å². The first-order valence-electron chi connectivity index (χ1n) is 5.72. The van der Waals surface area contributed by atoms with Gasteiger partial charge in [0, 0.05) is 18.1 Å². The number of nitrogens with one attached hydrogen (secondary N) is 2. The second-order valence-corrected chi connectivity index (χ2v) is 4.51. The van der Waals surface area contributed by atoms with E-state index in [9.17, 15) is 4.79 Å². The minimum atomic E-state index is -0.273. The highest BCUT2D eigenvalue weighted by atomic mass is 32.1. The van der Waals surface area contributed by atoms with Crippen LogP contribution in [0.25, 0.3) is 0 Å². The molecule has 0 unspecified atom stereocenters. The fourth-order valence-electron chi connectivity index (χ4n) is 1.48. The van der Waals surface area contributed by atoms with Crippen molar-refractivity contribution in [2.24, 2.45) is 0 Å². The number of rotatable bonds is 5. The summed E-state index contributed by atoms with van der Waals surface area (Å²) in [6.07, 6.45) is 2.16. The Bertz CT molecular complexity index is 513. The SMILES string of the molecule is COc1ccc(CCNC(=O)Nc2ncns2)cc1. The number of ether oxygens (including phenoxy) is 1. The van der Waals surface area contributed by atoms with E-state index in [2.05, 4.69) is 20.0 Å². The quantitative estimate of drug-likeness (QED) is 0.876. The van der Waals surface area contributed by atoms with E-state index in [0.717, 1.165) is 29.3 Å². The van der Waals surface area contributed by atoms with E-state index < -0.39 is 0 Å². The molecule has 2 aromatic rings. The summed E-state index contributed by atoms with van der Waals surface area (Å²) in [5, 5.41) is 5.84. The lowest BCUT2D eigenvalue weighted by molar-refractivity contribution is 0.252. The number of benzene rings is 1. The molecule has 0 radical (unpaired) electrons. The molecule has 19 heavy (non-hydrogen) atoms. The van der Waals surface area contributed by atoms with E-state index in [0.29, 0.717) is 11.7 Å². The highest BCUT2D eigenvalue weighted by Crippen LogP contribution is 2.11. The average molecular weight is 278 g/mol. The zero-order valence-corrected chi connectivity index (χ0v) is 11.2. The molecule has 0 atom stereocenters. The number of aromatic nitrogens is 2. The number of methoxy groups -OCH3 is 1. The van der Waals surface area contributed by atoms with Crippen LogP contribution in [0.3, 0.4) is 0 Å². The molecular weight excluding hydrogens is 264 g/mol. The van der Waals surface area contributed by atoms with Gasteiger partial charge >= 0.3 is 6.03 Å². The lowest BCUT2D eigenvalue weighted by Gasteiger charge is -2.06. The molecule has 0 saturated carbocycles. The van der Waals surface area contributed by atoms with Crippen molar-refractivity contribution < 1.29 is 9.53 Å². The standard InChI is InChI=1S/C12H14N4O2S/c1-18-10-4-2-9(3-5-10)6-7-13-11(17)16-12-14-8-15-19-12/h2-5,8H,6-7H2,1H3,(H2,13,14,15,16,17). The summed E-state index contributed by atoms with van der Waals surface area (Å²) in [7, 11) is 1.63. The van der Waals surface area contributed by atoms with Crippen molar-refractivity contribution in [3.05, 3.63) is 36.2 Å². The van der Waals surface area contributed by atoms with Crippen LogP contribution in [0.1, 0.15) is 5.56 Å². The molecule has 1 aromatic carbocycles. The minimum Gasteiger partial charge on any atom is -0.497 e. The van der Waals surface area contributed by atoms with Gasteiger partial charge in [-0.25, -0.2) is 9.78 Å². The van der Waals surface area contributed by atoms with Crippen LogP contribution in [0, 0.1) is 0 Å². The number of urea groups is 1. The highest BCUT2D eigenvalue weighted by Gasteiger charge is 2.03. The summed E-state index contributed by atoms with van der Waals surface area (Å²) in [6.45, 7) is 0.553. The van der Waals surface area contributed by atoms with Crippen LogP contribution in [0.2, 0.25) is 0 Å². The number of hydrogen-bond acceptors (Lipinski definition) is 5. The third-order valence-corrected chi connectivity index (χ3v) is 3.02. The first kappa shape index (κ1) is 13.3. The van der Waals surface area contributed by atoms with Gasteiger partial charge in [0.05, 0.1) is 7.11 Å². The summed E-state index contributed by atoms with van der Waals surface area (Å²) in [4.78, 5) is 15.4. The fourth-order valence-corrected chi connectivity index (χ4v) is 1.91.